The molecule has 18 heavy (non-hydrogen) atoms. The summed E-state index contributed by atoms with van der Waals surface area (Å²) in [6.07, 6.45) is 1.50. The molecule has 0 aliphatic carbocycles. The van der Waals surface area contributed by atoms with Crippen molar-refractivity contribution in [3.63, 3.8) is 0 Å². The van der Waals surface area contributed by atoms with Crippen LogP contribution in [0.3, 0.4) is 0 Å². The Kier molecular flexibility index (Phi) is 4.67. The second kappa shape index (κ2) is 5.82. The minimum atomic E-state index is -1.01. The van der Waals surface area contributed by atoms with Gasteiger partial charge in [0, 0.05) is 25.0 Å². The van der Waals surface area contributed by atoms with Crippen LogP contribution in [0, 0.1) is 5.41 Å². The first kappa shape index (κ1) is 14.4. The molecule has 0 bridgehead atoms. The Morgan fingerprint density at radius 2 is 2.17 bits per heavy atom. The van der Waals surface area contributed by atoms with E-state index in [4.69, 9.17) is 5.11 Å². The molecule has 1 aromatic rings. The van der Waals surface area contributed by atoms with Crippen LogP contribution >= 0.6 is 0 Å². The smallest absolute Gasteiger partial charge is 0.354 e. The summed E-state index contributed by atoms with van der Waals surface area (Å²) in [6, 6.07) is 3.33. The first-order chi connectivity index (χ1) is 8.30. The van der Waals surface area contributed by atoms with Gasteiger partial charge in [0.1, 0.15) is 5.69 Å². The Balaban J connectivity index is 2.63. The average Bonchev–Trinajstić information content (AvgIpc) is 2.25. The van der Waals surface area contributed by atoms with Gasteiger partial charge in [0.2, 0.25) is 0 Å². The van der Waals surface area contributed by atoms with Crippen molar-refractivity contribution in [1.29, 1.82) is 0 Å². The van der Waals surface area contributed by atoms with Gasteiger partial charge in [-0.05, 0) is 31.6 Å². The van der Waals surface area contributed by atoms with Crippen molar-refractivity contribution in [2.24, 2.45) is 5.41 Å². The zero-order valence-electron chi connectivity index (χ0n) is 11.4. The SMILES string of the molecule is CN(C)CC(C)(C)CNc1ccnc(C(=O)O)c1. The maximum absolute atomic E-state index is 10.8. The molecule has 1 rings (SSSR count). The second-order valence-corrected chi connectivity index (χ2v) is 5.49. The van der Waals surface area contributed by atoms with E-state index in [0.29, 0.717) is 0 Å². The predicted molar refractivity (Wildman–Crippen MR) is 72.0 cm³/mol. The van der Waals surface area contributed by atoms with Crippen molar-refractivity contribution in [3.05, 3.63) is 24.0 Å². The van der Waals surface area contributed by atoms with E-state index in [0.717, 1.165) is 18.8 Å². The van der Waals surface area contributed by atoms with Gasteiger partial charge in [-0.3, -0.25) is 0 Å². The van der Waals surface area contributed by atoms with Gasteiger partial charge < -0.3 is 15.3 Å². The number of nitrogens with one attached hydrogen (secondary N) is 1. The summed E-state index contributed by atoms with van der Waals surface area (Å²) in [5.41, 5.74) is 0.954. The van der Waals surface area contributed by atoms with Crippen molar-refractivity contribution in [1.82, 2.24) is 9.88 Å². The van der Waals surface area contributed by atoms with Gasteiger partial charge in [0.05, 0.1) is 0 Å². The lowest BCUT2D eigenvalue weighted by molar-refractivity contribution is 0.0690. The molecule has 0 saturated heterocycles. The monoisotopic (exact) mass is 251 g/mol. The highest BCUT2D eigenvalue weighted by molar-refractivity contribution is 5.86. The molecule has 5 heteroatoms. The van der Waals surface area contributed by atoms with E-state index in [9.17, 15) is 4.79 Å². The lowest BCUT2D eigenvalue weighted by Crippen LogP contribution is -2.34. The standard InChI is InChI=1S/C13H21N3O2/c1-13(2,9-16(3)4)8-15-10-5-6-14-11(7-10)12(17)18/h5-7H,8-9H2,1-4H3,(H,14,15)(H,17,18). The topological polar surface area (TPSA) is 65.5 Å². The number of aromatic nitrogens is 1. The molecule has 0 atom stereocenters. The lowest BCUT2D eigenvalue weighted by Gasteiger charge is -2.28. The van der Waals surface area contributed by atoms with E-state index in [-0.39, 0.29) is 11.1 Å². The fourth-order valence-electron chi connectivity index (χ4n) is 1.91. The molecule has 0 saturated carbocycles. The van der Waals surface area contributed by atoms with Crippen molar-refractivity contribution in [2.45, 2.75) is 13.8 Å². The third-order valence-electron chi connectivity index (χ3n) is 2.49. The van der Waals surface area contributed by atoms with Crippen LogP contribution in [-0.2, 0) is 0 Å². The number of rotatable bonds is 6. The number of hydrogen-bond donors (Lipinski definition) is 2. The second-order valence-electron chi connectivity index (χ2n) is 5.49. The Hall–Kier alpha value is -1.62. The van der Waals surface area contributed by atoms with Crippen LogP contribution in [0.25, 0.3) is 0 Å². The normalized spacial score (nSPS) is 11.6. The summed E-state index contributed by atoms with van der Waals surface area (Å²) in [5, 5.41) is 12.1. The number of pyridine rings is 1. The number of carboxylic acid groups (broad SMARTS) is 1. The molecule has 0 spiro atoms. The highest BCUT2D eigenvalue weighted by Crippen LogP contribution is 2.17. The van der Waals surface area contributed by atoms with Gasteiger partial charge in [0.15, 0.2) is 0 Å². The van der Waals surface area contributed by atoms with E-state index >= 15 is 0 Å². The summed E-state index contributed by atoms with van der Waals surface area (Å²) in [6.45, 7) is 6.06. The van der Waals surface area contributed by atoms with Crippen LogP contribution in [0.2, 0.25) is 0 Å². The van der Waals surface area contributed by atoms with Crippen molar-refractivity contribution in [3.8, 4) is 0 Å². The molecular weight excluding hydrogens is 230 g/mol. The maximum atomic E-state index is 10.8. The van der Waals surface area contributed by atoms with Crippen LogP contribution in [0.4, 0.5) is 5.69 Å². The number of carboxylic acids is 1. The Labute approximate surface area is 108 Å². The van der Waals surface area contributed by atoms with Gasteiger partial charge in [-0.25, -0.2) is 9.78 Å². The van der Waals surface area contributed by atoms with E-state index in [1.54, 1.807) is 12.1 Å². The van der Waals surface area contributed by atoms with Gasteiger partial charge >= 0.3 is 5.97 Å². The quantitative estimate of drug-likeness (QED) is 0.806. The Bertz CT molecular complexity index is 416. The molecule has 0 aliphatic rings. The molecule has 1 heterocycles. The van der Waals surface area contributed by atoms with Gasteiger partial charge in [-0.1, -0.05) is 13.8 Å². The molecule has 1 aromatic heterocycles. The molecule has 0 unspecified atom stereocenters. The van der Waals surface area contributed by atoms with E-state index in [1.807, 2.05) is 14.1 Å². The van der Waals surface area contributed by atoms with Crippen LogP contribution in [0.1, 0.15) is 24.3 Å². The molecule has 0 aromatic carbocycles. The van der Waals surface area contributed by atoms with E-state index < -0.39 is 5.97 Å². The summed E-state index contributed by atoms with van der Waals surface area (Å²) in [7, 11) is 4.08. The number of carbonyl (C=O) groups is 1. The zero-order valence-corrected chi connectivity index (χ0v) is 11.4. The summed E-state index contributed by atoms with van der Waals surface area (Å²) in [4.78, 5) is 16.7. The average molecular weight is 251 g/mol. The molecular formula is C13H21N3O2. The summed E-state index contributed by atoms with van der Waals surface area (Å²) < 4.78 is 0. The van der Waals surface area contributed by atoms with Crippen LogP contribution in [0.5, 0.6) is 0 Å². The van der Waals surface area contributed by atoms with Crippen LogP contribution in [-0.4, -0.2) is 48.1 Å². The number of nitrogens with zero attached hydrogens (tertiary/aromatic N) is 2. The van der Waals surface area contributed by atoms with Crippen molar-refractivity contribution in [2.75, 3.05) is 32.5 Å². The lowest BCUT2D eigenvalue weighted by atomic mass is 9.93. The summed E-state index contributed by atoms with van der Waals surface area (Å²) >= 11 is 0. The predicted octanol–water partition coefficient (Wildman–Crippen LogP) is 1.78. The Morgan fingerprint density at radius 1 is 1.50 bits per heavy atom. The minimum absolute atomic E-state index is 0.0606. The first-order valence-electron chi connectivity index (χ1n) is 5.88. The van der Waals surface area contributed by atoms with Crippen LogP contribution in [0.15, 0.2) is 18.3 Å². The zero-order chi connectivity index (χ0) is 13.8. The maximum Gasteiger partial charge on any atom is 0.354 e. The molecule has 0 fully saturated rings. The molecule has 0 aliphatic heterocycles. The highest BCUT2D eigenvalue weighted by Gasteiger charge is 2.18. The fraction of sp³-hybridized carbons (Fsp3) is 0.538. The molecule has 100 valence electrons. The molecule has 0 amide bonds. The molecule has 2 N–H and O–H groups in total. The molecule has 0 radical (unpaired) electrons. The van der Waals surface area contributed by atoms with E-state index in [1.165, 1.54) is 6.20 Å². The minimum Gasteiger partial charge on any atom is -0.477 e. The van der Waals surface area contributed by atoms with Crippen molar-refractivity contribution < 1.29 is 9.90 Å². The largest absolute Gasteiger partial charge is 0.477 e. The third kappa shape index (κ3) is 4.71. The van der Waals surface area contributed by atoms with Gasteiger partial charge in [0.25, 0.3) is 0 Å². The highest BCUT2D eigenvalue weighted by atomic mass is 16.4. The van der Waals surface area contributed by atoms with Gasteiger partial charge in [-0.15, -0.1) is 0 Å². The number of anilines is 1. The van der Waals surface area contributed by atoms with Gasteiger partial charge in [-0.2, -0.15) is 0 Å². The molecule has 5 nitrogen and oxygen atoms in total. The number of aromatic carboxylic acids is 1. The summed E-state index contributed by atoms with van der Waals surface area (Å²) in [5.74, 6) is -1.01. The number of hydrogen-bond acceptors (Lipinski definition) is 4. The van der Waals surface area contributed by atoms with Crippen LogP contribution < -0.4 is 5.32 Å². The fourth-order valence-corrected chi connectivity index (χ4v) is 1.91. The Morgan fingerprint density at radius 3 is 2.72 bits per heavy atom. The van der Waals surface area contributed by atoms with E-state index in [2.05, 4.69) is 29.0 Å². The third-order valence-corrected chi connectivity index (χ3v) is 2.49. The first-order valence-corrected chi connectivity index (χ1v) is 5.88. The van der Waals surface area contributed by atoms with Crippen molar-refractivity contribution >= 4 is 11.7 Å².